The van der Waals surface area contributed by atoms with Crippen LogP contribution in [0.15, 0.2) is 0 Å². The summed E-state index contributed by atoms with van der Waals surface area (Å²) in [5.74, 6) is 0.145. The van der Waals surface area contributed by atoms with E-state index in [1.807, 2.05) is 20.8 Å². The lowest BCUT2D eigenvalue weighted by molar-refractivity contribution is -0.126. The highest BCUT2D eigenvalue weighted by molar-refractivity contribution is 5.81. The topological polar surface area (TPSA) is 44.4 Å². The van der Waals surface area contributed by atoms with Gasteiger partial charge in [0.05, 0.1) is 6.04 Å². The summed E-state index contributed by atoms with van der Waals surface area (Å²) in [4.78, 5) is 14.3. The molecule has 112 valence electrons. The van der Waals surface area contributed by atoms with Gasteiger partial charge in [0.25, 0.3) is 0 Å². The lowest BCUT2D eigenvalue weighted by Gasteiger charge is -2.37. The molecule has 4 nitrogen and oxygen atoms in total. The SMILES string of the molecule is CCNC1CCC(N(C)C(C)C(=O)NC(C)C)CC1. The van der Waals surface area contributed by atoms with Gasteiger partial charge in [-0.15, -0.1) is 0 Å². The van der Waals surface area contributed by atoms with Gasteiger partial charge >= 0.3 is 0 Å². The molecule has 0 saturated heterocycles. The molecule has 2 N–H and O–H groups in total. The molecule has 1 fully saturated rings. The van der Waals surface area contributed by atoms with Crippen LogP contribution in [-0.4, -0.2) is 48.6 Å². The van der Waals surface area contributed by atoms with Gasteiger partial charge in [-0.05, 0) is 60.0 Å². The second kappa shape index (κ2) is 7.85. The summed E-state index contributed by atoms with van der Waals surface area (Å²) < 4.78 is 0. The van der Waals surface area contributed by atoms with E-state index in [2.05, 4.69) is 29.5 Å². The maximum Gasteiger partial charge on any atom is 0.237 e. The largest absolute Gasteiger partial charge is 0.353 e. The van der Waals surface area contributed by atoms with Gasteiger partial charge in [0.2, 0.25) is 5.91 Å². The number of carbonyl (C=O) groups excluding carboxylic acids is 1. The predicted molar refractivity (Wildman–Crippen MR) is 80.2 cm³/mol. The molecule has 4 heteroatoms. The van der Waals surface area contributed by atoms with Crippen molar-refractivity contribution < 1.29 is 4.79 Å². The Bertz CT molecular complexity index is 273. The van der Waals surface area contributed by atoms with Crippen molar-refractivity contribution in [3.05, 3.63) is 0 Å². The Morgan fingerprint density at radius 3 is 2.26 bits per heavy atom. The Hall–Kier alpha value is -0.610. The lowest BCUT2D eigenvalue weighted by atomic mass is 9.89. The number of hydrogen-bond acceptors (Lipinski definition) is 3. The smallest absolute Gasteiger partial charge is 0.237 e. The quantitative estimate of drug-likeness (QED) is 0.772. The average molecular weight is 269 g/mol. The van der Waals surface area contributed by atoms with Gasteiger partial charge in [-0.2, -0.15) is 0 Å². The Morgan fingerprint density at radius 2 is 1.79 bits per heavy atom. The highest BCUT2D eigenvalue weighted by atomic mass is 16.2. The summed E-state index contributed by atoms with van der Waals surface area (Å²) in [5, 5.41) is 6.52. The van der Waals surface area contributed by atoms with E-state index in [9.17, 15) is 4.79 Å². The molecule has 1 saturated carbocycles. The maximum absolute atomic E-state index is 12.0. The molecule has 0 heterocycles. The minimum absolute atomic E-state index is 0.0388. The molecule has 0 aromatic heterocycles. The molecule has 19 heavy (non-hydrogen) atoms. The van der Waals surface area contributed by atoms with Crippen LogP contribution in [0.2, 0.25) is 0 Å². The second-order valence-electron chi connectivity index (χ2n) is 6.07. The van der Waals surface area contributed by atoms with Crippen molar-refractivity contribution >= 4 is 5.91 Å². The first-order valence-corrected chi connectivity index (χ1v) is 7.71. The summed E-state index contributed by atoms with van der Waals surface area (Å²) >= 11 is 0. The minimum Gasteiger partial charge on any atom is -0.353 e. The normalized spacial score (nSPS) is 25.6. The van der Waals surface area contributed by atoms with Gasteiger partial charge in [0.1, 0.15) is 0 Å². The van der Waals surface area contributed by atoms with Crippen LogP contribution in [0.1, 0.15) is 53.4 Å². The van der Waals surface area contributed by atoms with Gasteiger partial charge in [0, 0.05) is 18.1 Å². The Kier molecular flexibility index (Phi) is 6.80. The number of rotatable bonds is 6. The van der Waals surface area contributed by atoms with Crippen molar-refractivity contribution in [1.29, 1.82) is 0 Å². The first-order valence-electron chi connectivity index (χ1n) is 7.71. The van der Waals surface area contributed by atoms with Crippen molar-refractivity contribution in [3.8, 4) is 0 Å². The Morgan fingerprint density at radius 1 is 1.21 bits per heavy atom. The number of likely N-dealkylation sites (N-methyl/N-ethyl adjacent to an activating group) is 1. The zero-order valence-corrected chi connectivity index (χ0v) is 13.2. The van der Waals surface area contributed by atoms with E-state index < -0.39 is 0 Å². The first-order chi connectivity index (χ1) is 8.95. The first kappa shape index (κ1) is 16.4. The fourth-order valence-corrected chi connectivity index (χ4v) is 2.88. The third-order valence-corrected chi connectivity index (χ3v) is 4.19. The molecule has 0 radical (unpaired) electrons. The van der Waals surface area contributed by atoms with Crippen molar-refractivity contribution in [2.75, 3.05) is 13.6 Å². The van der Waals surface area contributed by atoms with Crippen LogP contribution >= 0.6 is 0 Å². The van der Waals surface area contributed by atoms with Crippen molar-refractivity contribution in [3.63, 3.8) is 0 Å². The van der Waals surface area contributed by atoms with Gasteiger partial charge < -0.3 is 10.6 Å². The number of nitrogens with zero attached hydrogens (tertiary/aromatic N) is 1. The minimum atomic E-state index is -0.0388. The molecule has 1 atom stereocenters. The summed E-state index contributed by atoms with van der Waals surface area (Å²) in [5.41, 5.74) is 0. The van der Waals surface area contributed by atoms with Crippen LogP contribution in [0, 0.1) is 0 Å². The molecule has 1 aliphatic rings. The van der Waals surface area contributed by atoms with Crippen LogP contribution < -0.4 is 10.6 Å². The molecule has 0 aromatic rings. The number of amides is 1. The van der Waals surface area contributed by atoms with E-state index in [1.54, 1.807) is 0 Å². The van der Waals surface area contributed by atoms with E-state index in [0.29, 0.717) is 12.1 Å². The van der Waals surface area contributed by atoms with Crippen molar-refractivity contribution in [1.82, 2.24) is 15.5 Å². The average Bonchev–Trinajstić information content (AvgIpc) is 2.37. The van der Waals surface area contributed by atoms with Gasteiger partial charge in [-0.1, -0.05) is 6.92 Å². The van der Waals surface area contributed by atoms with E-state index in [0.717, 1.165) is 6.54 Å². The van der Waals surface area contributed by atoms with Crippen molar-refractivity contribution in [2.24, 2.45) is 0 Å². The summed E-state index contributed by atoms with van der Waals surface area (Å²) in [6.07, 6.45) is 4.82. The van der Waals surface area contributed by atoms with Gasteiger partial charge in [0.15, 0.2) is 0 Å². The predicted octanol–water partition coefficient (Wildman–Crippen LogP) is 1.75. The molecular formula is C15H31N3O. The van der Waals surface area contributed by atoms with Crippen LogP contribution in [0.3, 0.4) is 0 Å². The molecule has 1 amide bonds. The third-order valence-electron chi connectivity index (χ3n) is 4.19. The summed E-state index contributed by atoms with van der Waals surface area (Å²) in [6.45, 7) is 9.24. The number of carbonyl (C=O) groups is 1. The molecule has 0 spiro atoms. The maximum atomic E-state index is 12.0. The Labute approximate surface area is 118 Å². The molecule has 1 unspecified atom stereocenters. The van der Waals surface area contributed by atoms with E-state index in [-0.39, 0.29) is 18.0 Å². The van der Waals surface area contributed by atoms with Crippen LogP contribution in [0.4, 0.5) is 0 Å². The van der Waals surface area contributed by atoms with E-state index in [4.69, 9.17) is 0 Å². The van der Waals surface area contributed by atoms with Crippen LogP contribution in [0.5, 0.6) is 0 Å². The standard InChI is InChI=1S/C15H31N3O/c1-6-16-13-7-9-14(10-8-13)18(5)12(4)15(19)17-11(2)3/h11-14,16H,6-10H2,1-5H3,(H,17,19). The molecule has 0 bridgehead atoms. The number of hydrogen-bond donors (Lipinski definition) is 2. The summed E-state index contributed by atoms with van der Waals surface area (Å²) in [7, 11) is 2.09. The van der Waals surface area contributed by atoms with E-state index in [1.165, 1.54) is 25.7 Å². The second-order valence-corrected chi connectivity index (χ2v) is 6.07. The lowest BCUT2D eigenvalue weighted by Crippen LogP contribution is -2.50. The highest BCUT2D eigenvalue weighted by Gasteiger charge is 2.28. The zero-order chi connectivity index (χ0) is 14.4. The van der Waals surface area contributed by atoms with Gasteiger partial charge in [-0.3, -0.25) is 9.69 Å². The zero-order valence-electron chi connectivity index (χ0n) is 13.2. The fourth-order valence-electron chi connectivity index (χ4n) is 2.88. The molecular weight excluding hydrogens is 238 g/mol. The molecule has 0 aromatic carbocycles. The molecule has 1 rings (SSSR count). The third kappa shape index (κ3) is 5.11. The van der Waals surface area contributed by atoms with Gasteiger partial charge in [-0.25, -0.2) is 0 Å². The number of nitrogens with one attached hydrogen (secondary N) is 2. The molecule has 1 aliphatic carbocycles. The van der Waals surface area contributed by atoms with E-state index >= 15 is 0 Å². The molecule has 0 aliphatic heterocycles. The summed E-state index contributed by atoms with van der Waals surface area (Å²) in [6, 6.07) is 1.40. The fraction of sp³-hybridized carbons (Fsp3) is 0.933. The van der Waals surface area contributed by atoms with Crippen LogP contribution in [0.25, 0.3) is 0 Å². The monoisotopic (exact) mass is 269 g/mol. The Balaban J connectivity index is 2.41. The highest BCUT2D eigenvalue weighted by Crippen LogP contribution is 2.23. The van der Waals surface area contributed by atoms with Crippen molar-refractivity contribution in [2.45, 2.75) is 77.5 Å². The van der Waals surface area contributed by atoms with Crippen LogP contribution in [-0.2, 0) is 4.79 Å².